The topological polar surface area (TPSA) is 83.5 Å². The van der Waals surface area contributed by atoms with E-state index in [2.05, 4.69) is 31.2 Å². The van der Waals surface area contributed by atoms with Crippen molar-refractivity contribution in [2.75, 3.05) is 13.1 Å². The first-order valence-corrected chi connectivity index (χ1v) is 14.5. The fraction of sp³-hybridized carbons (Fsp3) is 0.438. The molecule has 3 aromatic heterocycles. The smallest absolute Gasteiger partial charge is 0.267 e. The van der Waals surface area contributed by atoms with Gasteiger partial charge in [0.1, 0.15) is 16.8 Å². The first-order chi connectivity index (χ1) is 19.1. The zero-order valence-electron chi connectivity index (χ0n) is 22.9. The second kappa shape index (κ2) is 12.4. The average molecular weight is 526 g/mol. The van der Waals surface area contributed by atoms with Crippen LogP contribution < -0.4 is 11.0 Å². The van der Waals surface area contributed by atoms with Crippen LogP contribution in [0.1, 0.15) is 74.2 Å². The Hall–Kier alpha value is -3.74. The molecule has 204 valence electrons. The molecule has 1 aromatic carbocycles. The van der Waals surface area contributed by atoms with Gasteiger partial charge in [-0.3, -0.25) is 19.4 Å². The van der Waals surface area contributed by atoms with Crippen LogP contribution in [0, 0.1) is 11.3 Å². The molecule has 4 heterocycles. The average Bonchev–Trinajstić information content (AvgIpc) is 2.96. The van der Waals surface area contributed by atoms with E-state index in [1.165, 1.54) is 29.2 Å². The minimum absolute atomic E-state index is 0.152. The fourth-order valence-electron chi connectivity index (χ4n) is 5.78. The number of carbonyl (C=O) groups excluding carboxylic acids is 1. The Kier molecular flexibility index (Phi) is 8.54. The summed E-state index contributed by atoms with van der Waals surface area (Å²) in [6.45, 7) is 4.11. The van der Waals surface area contributed by atoms with Gasteiger partial charge in [0.2, 0.25) is 0 Å². The fourth-order valence-corrected chi connectivity index (χ4v) is 5.78. The van der Waals surface area contributed by atoms with Crippen molar-refractivity contribution in [1.82, 2.24) is 18.9 Å². The summed E-state index contributed by atoms with van der Waals surface area (Å²) in [6, 6.07) is 17.6. The van der Waals surface area contributed by atoms with Crippen molar-refractivity contribution in [2.24, 2.45) is 5.92 Å². The van der Waals surface area contributed by atoms with Crippen LogP contribution in [0.4, 0.5) is 0 Å². The SMILES string of the molecule is CCCCCCCCn1c(=N)c(C(=O)N2CCC(Cc3ccccc3)CC2)cc2c(=O)n3ccccc3nc21. The Morgan fingerprint density at radius 3 is 2.46 bits per heavy atom. The van der Waals surface area contributed by atoms with Gasteiger partial charge in [0.05, 0.1) is 10.9 Å². The van der Waals surface area contributed by atoms with Gasteiger partial charge in [0, 0.05) is 25.8 Å². The van der Waals surface area contributed by atoms with Crippen LogP contribution in [-0.4, -0.2) is 37.8 Å². The number of fused-ring (bicyclic) bond motifs is 2. The molecule has 0 radical (unpaired) electrons. The van der Waals surface area contributed by atoms with E-state index in [0.717, 1.165) is 38.5 Å². The molecule has 0 spiro atoms. The molecule has 5 rings (SSSR count). The number of amides is 1. The van der Waals surface area contributed by atoms with E-state index < -0.39 is 0 Å². The first-order valence-electron chi connectivity index (χ1n) is 14.5. The van der Waals surface area contributed by atoms with Crippen molar-refractivity contribution in [1.29, 1.82) is 5.41 Å². The molecule has 0 atom stereocenters. The highest BCUT2D eigenvalue weighted by Gasteiger charge is 2.26. The summed E-state index contributed by atoms with van der Waals surface area (Å²) in [4.78, 5) is 33.9. The molecule has 1 fully saturated rings. The third-order valence-electron chi connectivity index (χ3n) is 8.05. The predicted molar refractivity (Wildman–Crippen MR) is 155 cm³/mol. The van der Waals surface area contributed by atoms with E-state index >= 15 is 0 Å². The summed E-state index contributed by atoms with van der Waals surface area (Å²) in [5.74, 6) is 0.385. The Bertz CT molecular complexity index is 1550. The van der Waals surface area contributed by atoms with E-state index in [0.29, 0.717) is 47.8 Å². The summed E-state index contributed by atoms with van der Waals surface area (Å²) in [5.41, 5.74) is 2.61. The van der Waals surface area contributed by atoms with Crippen LogP contribution in [0.2, 0.25) is 0 Å². The van der Waals surface area contributed by atoms with Crippen LogP contribution >= 0.6 is 0 Å². The molecule has 0 aliphatic carbocycles. The molecule has 1 aliphatic heterocycles. The van der Waals surface area contributed by atoms with Crippen molar-refractivity contribution in [3.05, 3.63) is 87.8 Å². The number of likely N-dealkylation sites (tertiary alicyclic amines) is 1. The summed E-state index contributed by atoms with van der Waals surface area (Å²) < 4.78 is 3.31. The van der Waals surface area contributed by atoms with Crippen LogP contribution in [0.3, 0.4) is 0 Å². The van der Waals surface area contributed by atoms with Gasteiger partial charge in [-0.2, -0.15) is 0 Å². The zero-order chi connectivity index (χ0) is 27.2. The molecule has 39 heavy (non-hydrogen) atoms. The van der Waals surface area contributed by atoms with Crippen molar-refractivity contribution in [3.8, 4) is 0 Å². The number of aryl methyl sites for hydroxylation is 1. The summed E-state index contributed by atoms with van der Waals surface area (Å²) in [5, 5.41) is 9.45. The monoisotopic (exact) mass is 525 g/mol. The van der Waals surface area contributed by atoms with Crippen molar-refractivity contribution in [3.63, 3.8) is 0 Å². The molecule has 1 N–H and O–H groups in total. The number of hydrogen-bond acceptors (Lipinski definition) is 4. The molecule has 0 bridgehead atoms. The third-order valence-corrected chi connectivity index (χ3v) is 8.05. The Labute approximate surface area is 229 Å². The maximum Gasteiger partial charge on any atom is 0.267 e. The lowest BCUT2D eigenvalue weighted by Gasteiger charge is -2.32. The van der Waals surface area contributed by atoms with E-state index in [1.807, 2.05) is 17.0 Å². The number of nitrogens with one attached hydrogen (secondary N) is 1. The minimum Gasteiger partial charge on any atom is -0.339 e. The number of nitrogens with zero attached hydrogens (tertiary/aromatic N) is 4. The lowest BCUT2D eigenvalue weighted by atomic mass is 9.90. The third kappa shape index (κ3) is 5.97. The highest BCUT2D eigenvalue weighted by molar-refractivity contribution is 5.97. The largest absolute Gasteiger partial charge is 0.339 e. The molecule has 1 saturated heterocycles. The summed E-state index contributed by atoms with van der Waals surface area (Å²) in [7, 11) is 0. The Balaban J connectivity index is 1.42. The number of hydrogen-bond donors (Lipinski definition) is 1. The second-order valence-electron chi connectivity index (χ2n) is 10.8. The second-order valence-corrected chi connectivity index (χ2v) is 10.8. The van der Waals surface area contributed by atoms with Gasteiger partial charge in [-0.1, -0.05) is 75.4 Å². The number of pyridine rings is 2. The molecule has 7 nitrogen and oxygen atoms in total. The molecule has 0 unspecified atom stereocenters. The molecule has 7 heteroatoms. The molecule has 1 amide bonds. The first kappa shape index (κ1) is 26.9. The molecular weight excluding hydrogens is 486 g/mol. The Morgan fingerprint density at radius 2 is 1.69 bits per heavy atom. The van der Waals surface area contributed by atoms with Crippen LogP contribution in [0.5, 0.6) is 0 Å². The summed E-state index contributed by atoms with van der Waals surface area (Å²) in [6.07, 6.45) is 11.3. The zero-order valence-corrected chi connectivity index (χ0v) is 22.9. The maximum atomic E-state index is 13.8. The molecule has 0 saturated carbocycles. The van der Waals surface area contributed by atoms with E-state index in [4.69, 9.17) is 10.4 Å². The maximum absolute atomic E-state index is 13.8. The van der Waals surface area contributed by atoms with Crippen molar-refractivity contribution < 1.29 is 4.79 Å². The highest BCUT2D eigenvalue weighted by Crippen LogP contribution is 2.23. The van der Waals surface area contributed by atoms with Gasteiger partial charge < -0.3 is 9.47 Å². The van der Waals surface area contributed by atoms with E-state index in [1.54, 1.807) is 29.0 Å². The normalized spacial score (nSPS) is 14.3. The number of carbonyl (C=O) groups is 1. The number of unbranched alkanes of at least 4 members (excludes halogenated alkanes) is 5. The number of aromatic nitrogens is 3. The minimum atomic E-state index is -0.206. The van der Waals surface area contributed by atoms with Gasteiger partial charge >= 0.3 is 0 Å². The van der Waals surface area contributed by atoms with Crippen LogP contribution in [0.25, 0.3) is 16.7 Å². The highest BCUT2D eigenvalue weighted by atomic mass is 16.2. The molecule has 4 aromatic rings. The van der Waals surface area contributed by atoms with Crippen molar-refractivity contribution >= 4 is 22.6 Å². The molecular formula is C32H39N5O2. The lowest BCUT2D eigenvalue weighted by molar-refractivity contribution is 0.0687. The van der Waals surface area contributed by atoms with Gasteiger partial charge in [0.15, 0.2) is 0 Å². The Morgan fingerprint density at radius 1 is 0.974 bits per heavy atom. The standard InChI is InChI=1S/C32H39N5O2/c1-2-3-4-5-6-11-19-37-29(33)26(23-27-30(37)34-28-15-10-12-18-36(28)32(27)39)31(38)35-20-16-25(17-21-35)22-24-13-8-7-9-14-24/h7-10,12-15,18,23,25,33H,2-6,11,16-17,19-22H2,1H3. The number of piperidine rings is 1. The summed E-state index contributed by atoms with van der Waals surface area (Å²) >= 11 is 0. The van der Waals surface area contributed by atoms with E-state index in [9.17, 15) is 9.59 Å². The number of benzene rings is 1. The van der Waals surface area contributed by atoms with Crippen LogP contribution in [0.15, 0.2) is 65.6 Å². The predicted octanol–water partition coefficient (Wildman–Crippen LogP) is 5.58. The van der Waals surface area contributed by atoms with E-state index in [-0.39, 0.29) is 17.0 Å². The van der Waals surface area contributed by atoms with Crippen molar-refractivity contribution in [2.45, 2.75) is 71.3 Å². The van der Waals surface area contributed by atoms with Gasteiger partial charge in [-0.15, -0.1) is 0 Å². The van der Waals surface area contributed by atoms with Crippen LogP contribution in [-0.2, 0) is 13.0 Å². The quantitative estimate of drug-likeness (QED) is 0.217. The molecule has 1 aliphatic rings. The van der Waals surface area contributed by atoms with Gasteiger partial charge in [-0.25, -0.2) is 4.98 Å². The van der Waals surface area contributed by atoms with Gasteiger partial charge in [-0.05, 0) is 55.4 Å². The van der Waals surface area contributed by atoms with Gasteiger partial charge in [0.25, 0.3) is 11.5 Å². The lowest BCUT2D eigenvalue weighted by Crippen LogP contribution is -2.42. The number of rotatable bonds is 10.